The van der Waals surface area contributed by atoms with Crippen molar-refractivity contribution in [3.8, 4) is 11.5 Å². The average Bonchev–Trinajstić information content (AvgIpc) is 2.76. The molecule has 1 N–H and O–H groups in total. The van der Waals surface area contributed by atoms with Crippen LogP contribution in [0, 0.1) is 0 Å². The second kappa shape index (κ2) is 11.1. The summed E-state index contributed by atoms with van der Waals surface area (Å²) in [4.78, 5) is 14.5. The Morgan fingerprint density at radius 1 is 1.14 bits per heavy atom. The molecule has 0 fully saturated rings. The van der Waals surface area contributed by atoms with Crippen molar-refractivity contribution in [2.24, 2.45) is 0 Å². The molecule has 1 aliphatic rings. The van der Waals surface area contributed by atoms with Gasteiger partial charge in [0.1, 0.15) is 13.2 Å². The minimum Gasteiger partial charge on any atom is -0.486 e. The lowest BCUT2D eigenvalue weighted by Crippen LogP contribution is -2.38. The number of fused-ring (bicyclic) bond motifs is 1. The SMILES string of the molecule is COCCCNC(=O)CN(C/C=C/c1ccccc1)c1ccc2c(c1)OCCO2. The van der Waals surface area contributed by atoms with Gasteiger partial charge in [0.25, 0.3) is 0 Å². The lowest BCUT2D eigenvalue weighted by molar-refractivity contribution is -0.119. The van der Waals surface area contributed by atoms with Crippen LogP contribution in [-0.4, -0.2) is 52.5 Å². The van der Waals surface area contributed by atoms with Gasteiger partial charge in [-0.25, -0.2) is 0 Å². The van der Waals surface area contributed by atoms with Crippen molar-refractivity contribution >= 4 is 17.7 Å². The molecule has 0 saturated heterocycles. The number of carbonyl (C=O) groups is 1. The van der Waals surface area contributed by atoms with Crippen LogP contribution in [-0.2, 0) is 9.53 Å². The van der Waals surface area contributed by atoms with E-state index in [-0.39, 0.29) is 12.5 Å². The smallest absolute Gasteiger partial charge is 0.239 e. The Morgan fingerprint density at radius 2 is 1.93 bits per heavy atom. The van der Waals surface area contributed by atoms with Crippen LogP contribution < -0.4 is 19.7 Å². The van der Waals surface area contributed by atoms with Gasteiger partial charge in [-0.2, -0.15) is 0 Å². The van der Waals surface area contributed by atoms with Crippen molar-refractivity contribution in [1.29, 1.82) is 0 Å². The van der Waals surface area contributed by atoms with E-state index in [9.17, 15) is 4.79 Å². The number of rotatable bonds is 10. The maximum Gasteiger partial charge on any atom is 0.239 e. The van der Waals surface area contributed by atoms with Crippen LogP contribution in [0.2, 0.25) is 0 Å². The zero-order valence-electron chi connectivity index (χ0n) is 16.8. The van der Waals surface area contributed by atoms with Crippen LogP contribution in [0.5, 0.6) is 11.5 Å². The zero-order valence-corrected chi connectivity index (χ0v) is 16.8. The van der Waals surface area contributed by atoms with Crippen LogP contribution >= 0.6 is 0 Å². The summed E-state index contributed by atoms with van der Waals surface area (Å²) in [5.74, 6) is 1.43. The first-order chi connectivity index (χ1) is 14.3. The summed E-state index contributed by atoms with van der Waals surface area (Å²) in [5, 5.41) is 2.95. The molecule has 0 atom stereocenters. The van der Waals surface area contributed by atoms with Crippen molar-refractivity contribution in [3.63, 3.8) is 0 Å². The molecule has 2 aromatic carbocycles. The highest BCUT2D eigenvalue weighted by Gasteiger charge is 2.16. The van der Waals surface area contributed by atoms with E-state index in [1.54, 1.807) is 7.11 Å². The third-order valence-corrected chi connectivity index (χ3v) is 4.51. The number of benzene rings is 2. The second-order valence-electron chi connectivity index (χ2n) is 6.72. The normalized spacial score (nSPS) is 12.7. The molecule has 1 amide bonds. The summed E-state index contributed by atoms with van der Waals surface area (Å²) < 4.78 is 16.3. The minimum absolute atomic E-state index is 0.0240. The molecule has 0 bridgehead atoms. The molecule has 0 spiro atoms. The number of ether oxygens (including phenoxy) is 3. The van der Waals surface area contributed by atoms with Crippen LogP contribution in [0.3, 0.4) is 0 Å². The molecule has 0 aliphatic carbocycles. The Morgan fingerprint density at radius 3 is 2.72 bits per heavy atom. The summed E-state index contributed by atoms with van der Waals surface area (Å²) in [6.45, 7) is 3.17. The Hall–Kier alpha value is -2.99. The summed E-state index contributed by atoms with van der Waals surface area (Å²) in [6.07, 6.45) is 4.91. The molecular weight excluding hydrogens is 368 g/mol. The third-order valence-electron chi connectivity index (χ3n) is 4.51. The van der Waals surface area contributed by atoms with Crippen molar-refractivity contribution in [1.82, 2.24) is 5.32 Å². The van der Waals surface area contributed by atoms with Crippen LogP contribution in [0.15, 0.2) is 54.6 Å². The average molecular weight is 396 g/mol. The molecule has 1 aliphatic heterocycles. The van der Waals surface area contributed by atoms with Gasteiger partial charge in [-0.1, -0.05) is 42.5 Å². The largest absolute Gasteiger partial charge is 0.486 e. The van der Waals surface area contributed by atoms with Gasteiger partial charge in [0.2, 0.25) is 5.91 Å². The first kappa shape index (κ1) is 20.7. The molecular formula is C23H28N2O4. The summed E-state index contributed by atoms with van der Waals surface area (Å²) in [5.41, 5.74) is 2.04. The quantitative estimate of drug-likeness (QED) is 0.626. The van der Waals surface area contributed by atoms with Crippen molar-refractivity contribution in [2.75, 3.05) is 51.5 Å². The van der Waals surface area contributed by atoms with Gasteiger partial charge >= 0.3 is 0 Å². The van der Waals surface area contributed by atoms with E-state index in [1.807, 2.05) is 53.4 Å². The highest BCUT2D eigenvalue weighted by atomic mass is 16.6. The molecule has 6 heteroatoms. The number of hydrogen-bond donors (Lipinski definition) is 1. The van der Waals surface area contributed by atoms with E-state index < -0.39 is 0 Å². The van der Waals surface area contributed by atoms with Gasteiger partial charge in [0, 0.05) is 38.6 Å². The fraction of sp³-hybridized carbons (Fsp3) is 0.348. The Kier molecular flexibility index (Phi) is 7.95. The number of anilines is 1. The van der Waals surface area contributed by atoms with Crippen LogP contribution in [0.1, 0.15) is 12.0 Å². The number of hydrogen-bond acceptors (Lipinski definition) is 5. The van der Waals surface area contributed by atoms with E-state index in [1.165, 1.54) is 0 Å². The Bertz CT molecular complexity index is 808. The maximum atomic E-state index is 12.4. The van der Waals surface area contributed by atoms with Crippen LogP contribution in [0.25, 0.3) is 6.08 Å². The Labute approximate surface area is 172 Å². The molecule has 154 valence electrons. The van der Waals surface area contributed by atoms with E-state index in [0.717, 1.165) is 23.4 Å². The number of methoxy groups -OCH3 is 1. The fourth-order valence-corrected chi connectivity index (χ4v) is 3.04. The predicted octanol–water partition coefficient (Wildman–Crippen LogP) is 3.13. The molecule has 0 saturated carbocycles. The topological polar surface area (TPSA) is 60.0 Å². The van der Waals surface area contributed by atoms with Crippen molar-refractivity contribution < 1.29 is 19.0 Å². The number of nitrogens with one attached hydrogen (secondary N) is 1. The van der Waals surface area contributed by atoms with Gasteiger partial charge in [0.05, 0.1) is 6.54 Å². The first-order valence-corrected chi connectivity index (χ1v) is 9.88. The highest BCUT2D eigenvalue weighted by molar-refractivity contribution is 5.81. The fourth-order valence-electron chi connectivity index (χ4n) is 3.04. The third kappa shape index (κ3) is 6.54. The predicted molar refractivity (Wildman–Crippen MR) is 115 cm³/mol. The zero-order chi connectivity index (χ0) is 20.3. The number of nitrogens with zero attached hydrogens (tertiary/aromatic N) is 1. The van der Waals surface area contributed by atoms with E-state index in [0.29, 0.717) is 38.7 Å². The van der Waals surface area contributed by atoms with Crippen molar-refractivity contribution in [3.05, 3.63) is 60.2 Å². The molecule has 0 aromatic heterocycles. The molecule has 0 unspecified atom stereocenters. The summed E-state index contributed by atoms with van der Waals surface area (Å²) >= 11 is 0. The number of carbonyl (C=O) groups excluding carboxylic acids is 1. The molecule has 1 heterocycles. The molecule has 29 heavy (non-hydrogen) atoms. The molecule has 0 radical (unpaired) electrons. The maximum absolute atomic E-state index is 12.4. The molecule has 3 rings (SSSR count). The van der Waals surface area contributed by atoms with Crippen LogP contribution in [0.4, 0.5) is 5.69 Å². The molecule has 2 aromatic rings. The Balaban J connectivity index is 1.68. The van der Waals surface area contributed by atoms with Crippen molar-refractivity contribution in [2.45, 2.75) is 6.42 Å². The first-order valence-electron chi connectivity index (χ1n) is 9.88. The second-order valence-corrected chi connectivity index (χ2v) is 6.72. The lowest BCUT2D eigenvalue weighted by atomic mass is 10.2. The van der Waals surface area contributed by atoms with E-state index in [2.05, 4.69) is 17.5 Å². The summed E-state index contributed by atoms with van der Waals surface area (Å²) in [7, 11) is 1.66. The van der Waals surface area contributed by atoms with Gasteiger partial charge in [-0.3, -0.25) is 4.79 Å². The monoisotopic (exact) mass is 396 g/mol. The van der Waals surface area contributed by atoms with Gasteiger partial charge in [0.15, 0.2) is 11.5 Å². The molecule has 6 nitrogen and oxygen atoms in total. The van der Waals surface area contributed by atoms with Gasteiger partial charge in [-0.05, 0) is 24.1 Å². The standard InChI is InChI=1S/C23H28N2O4/c1-27-14-6-12-24-23(26)18-25(13-5-9-19-7-3-2-4-8-19)20-10-11-21-22(17-20)29-16-15-28-21/h2-5,7-11,17H,6,12-16,18H2,1H3,(H,24,26)/b9-5+. The lowest BCUT2D eigenvalue weighted by Gasteiger charge is -2.25. The number of amides is 1. The summed E-state index contributed by atoms with van der Waals surface area (Å²) in [6, 6.07) is 15.9. The van der Waals surface area contributed by atoms with E-state index in [4.69, 9.17) is 14.2 Å². The minimum atomic E-state index is -0.0240. The van der Waals surface area contributed by atoms with Gasteiger partial charge in [-0.15, -0.1) is 0 Å². The van der Waals surface area contributed by atoms with E-state index >= 15 is 0 Å². The van der Waals surface area contributed by atoms with Gasteiger partial charge < -0.3 is 24.4 Å². The highest BCUT2D eigenvalue weighted by Crippen LogP contribution is 2.34.